The van der Waals surface area contributed by atoms with Gasteiger partial charge < -0.3 is 5.11 Å². The molecule has 0 amide bonds. The molecule has 0 bridgehead atoms. The Hall–Kier alpha value is -0.630. The van der Waals surface area contributed by atoms with Crippen molar-refractivity contribution in [1.29, 1.82) is 0 Å². The molecule has 1 aromatic carbocycles. The molecule has 0 aliphatic carbocycles. The summed E-state index contributed by atoms with van der Waals surface area (Å²) in [5.41, 5.74) is 1.28. The minimum atomic E-state index is 0.275. The molecule has 1 N–H and O–H groups in total. The summed E-state index contributed by atoms with van der Waals surface area (Å²) in [4.78, 5) is 0.686. The van der Waals surface area contributed by atoms with Gasteiger partial charge in [-0.2, -0.15) is 0 Å². The Morgan fingerprint density at radius 3 is 2.29 bits per heavy atom. The van der Waals surface area contributed by atoms with Gasteiger partial charge in [0.1, 0.15) is 5.75 Å². The van der Waals surface area contributed by atoms with Gasteiger partial charge in [0.05, 0.1) is 0 Å². The summed E-state index contributed by atoms with van der Waals surface area (Å²) in [6.07, 6.45) is 10.5. The summed E-state index contributed by atoms with van der Waals surface area (Å²) in [5, 5.41) is 9.36. The molecule has 2 heteroatoms. The average molecular weight is 252 g/mol. The highest BCUT2D eigenvalue weighted by atomic mass is 32.1. The zero-order valence-electron chi connectivity index (χ0n) is 10.8. The third kappa shape index (κ3) is 6.02. The number of benzene rings is 1. The number of hydrogen-bond acceptors (Lipinski definition) is 2. The van der Waals surface area contributed by atoms with Gasteiger partial charge in [0, 0.05) is 4.90 Å². The first kappa shape index (κ1) is 14.4. The number of aryl methyl sites for hydroxylation is 1. The Balaban J connectivity index is 2.11. The maximum atomic E-state index is 9.36. The lowest BCUT2D eigenvalue weighted by molar-refractivity contribution is 0.462. The Morgan fingerprint density at radius 2 is 1.65 bits per heavy atom. The molecule has 0 atom stereocenters. The van der Waals surface area contributed by atoms with Gasteiger partial charge in [-0.1, -0.05) is 51.5 Å². The molecule has 1 aromatic rings. The summed E-state index contributed by atoms with van der Waals surface area (Å²) in [6, 6.07) is 5.70. The zero-order valence-corrected chi connectivity index (χ0v) is 11.7. The van der Waals surface area contributed by atoms with E-state index in [1.807, 2.05) is 12.1 Å². The summed E-state index contributed by atoms with van der Waals surface area (Å²) < 4.78 is 0. The predicted molar refractivity (Wildman–Crippen MR) is 77.1 cm³/mol. The van der Waals surface area contributed by atoms with Crippen molar-refractivity contribution in [2.75, 3.05) is 0 Å². The van der Waals surface area contributed by atoms with Crippen molar-refractivity contribution in [3.05, 3.63) is 23.8 Å². The molecule has 0 aliphatic rings. The van der Waals surface area contributed by atoms with Crippen LogP contribution in [0.1, 0.15) is 57.4 Å². The summed E-state index contributed by atoms with van der Waals surface area (Å²) in [6.45, 7) is 2.25. The summed E-state index contributed by atoms with van der Waals surface area (Å²) in [5.74, 6) is 0.275. The van der Waals surface area contributed by atoms with E-state index in [2.05, 4.69) is 19.6 Å². The van der Waals surface area contributed by atoms with E-state index >= 15 is 0 Å². The Labute approximate surface area is 111 Å². The fourth-order valence-corrected chi connectivity index (χ4v) is 2.25. The molecule has 96 valence electrons. The monoisotopic (exact) mass is 252 g/mol. The highest BCUT2D eigenvalue weighted by Gasteiger charge is 1.99. The Morgan fingerprint density at radius 1 is 1.00 bits per heavy atom. The number of phenolic OH excluding ortho intramolecular Hbond substituents is 1. The maximum absolute atomic E-state index is 9.36. The number of thiol groups is 1. The van der Waals surface area contributed by atoms with E-state index in [1.54, 1.807) is 6.07 Å². The van der Waals surface area contributed by atoms with Crippen LogP contribution < -0.4 is 0 Å². The molecule has 0 heterocycles. The van der Waals surface area contributed by atoms with Crippen molar-refractivity contribution >= 4 is 12.6 Å². The van der Waals surface area contributed by atoms with E-state index in [9.17, 15) is 5.11 Å². The molecule has 0 spiro atoms. The smallest absolute Gasteiger partial charge is 0.128 e. The van der Waals surface area contributed by atoms with Crippen molar-refractivity contribution in [1.82, 2.24) is 0 Å². The van der Waals surface area contributed by atoms with Crippen molar-refractivity contribution < 1.29 is 5.11 Å². The van der Waals surface area contributed by atoms with Crippen molar-refractivity contribution in [2.45, 2.75) is 63.2 Å². The normalized spacial score (nSPS) is 10.7. The molecule has 0 unspecified atom stereocenters. The number of phenols is 1. The third-order valence-electron chi connectivity index (χ3n) is 3.11. The molecule has 17 heavy (non-hydrogen) atoms. The number of aromatic hydroxyl groups is 1. The summed E-state index contributed by atoms with van der Waals surface area (Å²) >= 11 is 4.22. The number of unbranched alkanes of at least 4 members (excludes halogenated alkanes) is 6. The van der Waals surface area contributed by atoms with Gasteiger partial charge in [0.15, 0.2) is 0 Å². The van der Waals surface area contributed by atoms with Gasteiger partial charge >= 0.3 is 0 Å². The SMILES string of the molecule is CCCCCCCCCc1ccc(O)c(S)c1. The van der Waals surface area contributed by atoms with Crippen molar-refractivity contribution in [3.8, 4) is 5.75 Å². The van der Waals surface area contributed by atoms with E-state index in [1.165, 1.54) is 50.5 Å². The van der Waals surface area contributed by atoms with E-state index in [-0.39, 0.29) is 5.75 Å². The largest absolute Gasteiger partial charge is 0.507 e. The van der Waals surface area contributed by atoms with Crippen molar-refractivity contribution in [3.63, 3.8) is 0 Å². The maximum Gasteiger partial charge on any atom is 0.128 e. The molecular formula is C15H24OS. The Kier molecular flexibility index (Phi) is 7.18. The molecule has 0 saturated carbocycles. The lowest BCUT2D eigenvalue weighted by Crippen LogP contribution is -1.87. The first-order valence-corrected chi connectivity index (χ1v) is 7.19. The van der Waals surface area contributed by atoms with Crippen LogP contribution in [-0.4, -0.2) is 5.11 Å². The first-order valence-electron chi connectivity index (χ1n) is 6.75. The second-order valence-corrected chi connectivity index (χ2v) is 5.18. The first-order chi connectivity index (χ1) is 8.24. The minimum Gasteiger partial charge on any atom is -0.507 e. The number of hydrogen-bond donors (Lipinski definition) is 2. The molecule has 0 saturated heterocycles. The highest BCUT2D eigenvalue weighted by molar-refractivity contribution is 7.80. The topological polar surface area (TPSA) is 20.2 Å². The molecule has 0 aromatic heterocycles. The fourth-order valence-electron chi connectivity index (χ4n) is 2.01. The molecular weight excluding hydrogens is 228 g/mol. The summed E-state index contributed by atoms with van der Waals surface area (Å²) in [7, 11) is 0. The molecule has 1 rings (SSSR count). The van der Waals surface area contributed by atoms with Gasteiger partial charge in [-0.25, -0.2) is 0 Å². The third-order valence-corrected chi connectivity index (χ3v) is 3.47. The molecule has 0 fully saturated rings. The predicted octanol–water partition coefficient (Wildman–Crippen LogP) is 4.97. The van der Waals surface area contributed by atoms with Crippen LogP contribution in [0.5, 0.6) is 5.75 Å². The minimum absolute atomic E-state index is 0.275. The lowest BCUT2D eigenvalue weighted by Gasteiger charge is -2.04. The highest BCUT2D eigenvalue weighted by Crippen LogP contribution is 2.22. The average Bonchev–Trinajstić information content (AvgIpc) is 2.32. The van der Waals surface area contributed by atoms with Crippen LogP contribution in [0.25, 0.3) is 0 Å². The van der Waals surface area contributed by atoms with Gasteiger partial charge in [0.25, 0.3) is 0 Å². The van der Waals surface area contributed by atoms with Crippen LogP contribution in [0.4, 0.5) is 0 Å². The van der Waals surface area contributed by atoms with Crippen LogP contribution in [0.3, 0.4) is 0 Å². The van der Waals surface area contributed by atoms with E-state index in [0.29, 0.717) is 4.90 Å². The molecule has 0 aliphatic heterocycles. The second-order valence-electron chi connectivity index (χ2n) is 4.69. The molecule has 0 radical (unpaired) electrons. The lowest BCUT2D eigenvalue weighted by atomic mass is 10.0. The number of rotatable bonds is 8. The quantitative estimate of drug-likeness (QED) is 0.494. The van der Waals surface area contributed by atoms with Crippen LogP contribution in [0.2, 0.25) is 0 Å². The Bertz CT molecular complexity index is 323. The van der Waals surface area contributed by atoms with Gasteiger partial charge in [-0.3, -0.25) is 0 Å². The fraction of sp³-hybridized carbons (Fsp3) is 0.600. The van der Waals surface area contributed by atoms with Gasteiger partial charge in [0.2, 0.25) is 0 Å². The van der Waals surface area contributed by atoms with E-state index in [4.69, 9.17) is 0 Å². The van der Waals surface area contributed by atoms with Crippen molar-refractivity contribution in [2.24, 2.45) is 0 Å². The van der Waals surface area contributed by atoms with E-state index < -0.39 is 0 Å². The standard InChI is InChI=1S/C15H24OS/c1-2-3-4-5-6-7-8-9-13-10-11-14(16)15(17)12-13/h10-12,16-17H,2-9H2,1H3. The second kappa shape index (κ2) is 8.46. The van der Waals surface area contributed by atoms with Crippen LogP contribution in [-0.2, 0) is 6.42 Å². The zero-order chi connectivity index (χ0) is 12.5. The van der Waals surface area contributed by atoms with Crippen LogP contribution in [0.15, 0.2) is 23.1 Å². The van der Waals surface area contributed by atoms with Crippen LogP contribution >= 0.6 is 12.6 Å². The van der Waals surface area contributed by atoms with E-state index in [0.717, 1.165) is 6.42 Å². The van der Waals surface area contributed by atoms with Gasteiger partial charge in [-0.05, 0) is 30.5 Å². The van der Waals surface area contributed by atoms with Crippen LogP contribution in [0, 0.1) is 0 Å². The van der Waals surface area contributed by atoms with Gasteiger partial charge in [-0.15, -0.1) is 12.6 Å². The molecule has 1 nitrogen and oxygen atoms in total.